The smallest absolute Gasteiger partial charge is 0.0964 e. The molecule has 0 fully saturated rings. The highest BCUT2D eigenvalue weighted by atomic mass is 32.1. The van der Waals surface area contributed by atoms with Gasteiger partial charge in [-0.2, -0.15) is 0 Å². The zero-order chi connectivity index (χ0) is 25.1. The van der Waals surface area contributed by atoms with Crippen LogP contribution in [0.2, 0.25) is 0 Å². The van der Waals surface area contributed by atoms with E-state index < -0.39 is 0 Å². The van der Waals surface area contributed by atoms with E-state index in [1.807, 2.05) is 42.7 Å². The van der Waals surface area contributed by atoms with Crippen LogP contribution in [0.3, 0.4) is 0 Å². The predicted molar refractivity (Wildman–Crippen MR) is 158 cm³/mol. The molecule has 5 heteroatoms. The molecule has 0 aliphatic carbocycles. The molecular weight excluding hydrogens is 472 g/mol. The van der Waals surface area contributed by atoms with Gasteiger partial charge in [-0.25, -0.2) is 0 Å². The number of aromatic nitrogens is 4. The predicted octanol–water partition coefficient (Wildman–Crippen LogP) is 8.25. The highest BCUT2D eigenvalue weighted by Crippen LogP contribution is 2.36. The van der Waals surface area contributed by atoms with Crippen LogP contribution in [-0.2, 0) is 0 Å². The lowest BCUT2D eigenvalue weighted by atomic mass is 10.1. The molecule has 37 heavy (non-hydrogen) atoms. The van der Waals surface area contributed by atoms with Crippen LogP contribution in [0.25, 0.3) is 67.4 Å². The second-order valence-electron chi connectivity index (χ2n) is 9.08. The van der Waals surface area contributed by atoms with Crippen LogP contribution in [0, 0.1) is 0 Å². The molecule has 0 saturated heterocycles. The summed E-state index contributed by atoms with van der Waals surface area (Å²) < 4.78 is 4.53. The molecule has 0 radical (unpaired) electrons. The molecule has 0 atom stereocenters. The van der Waals surface area contributed by atoms with Gasteiger partial charge in [0, 0.05) is 39.4 Å². The van der Waals surface area contributed by atoms with Crippen LogP contribution >= 0.6 is 12.6 Å². The Morgan fingerprint density at radius 1 is 0.595 bits per heavy atom. The summed E-state index contributed by atoms with van der Waals surface area (Å²) in [7, 11) is 0. The Labute approximate surface area is 219 Å². The minimum Gasteiger partial charge on any atom is -0.308 e. The van der Waals surface area contributed by atoms with Gasteiger partial charge in [0.2, 0.25) is 0 Å². The topological polar surface area (TPSA) is 35.6 Å². The first kappa shape index (κ1) is 21.7. The van der Waals surface area contributed by atoms with Gasteiger partial charge in [0.05, 0.1) is 33.1 Å². The molecule has 176 valence electrons. The summed E-state index contributed by atoms with van der Waals surface area (Å²) >= 11 is 4.58. The van der Waals surface area contributed by atoms with Crippen molar-refractivity contribution < 1.29 is 0 Å². The largest absolute Gasteiger partial charge is 0.308 e. The summed E-state index contributed by atoms with van der Waals surface area (Å²) in [4.78, 5) is 10.4. The molecule has 0 unspecified atom stereocenters. The maximum Gasteiger partial charge on any atom is 0.0964 e. The minimum atomic E-state index is 0.917. The molecule has 4 heterocycles. The summed E-state index contributed by atoms with van der Waals surface area (Å²) in [5.41, 5.74) is 10.4. The van der Waals surface area contributed by atoms with Gasteiger partial charge < -0.3 is 9.13 Å². The first-order valence-electron chi connectivity index (χ1n) is 12.0. The van der Waals surface area contributed by atoms with Gasteiger partial charge >= 0.3 is 0 Å². The van der Waals surface area contributed by atoms with Crippen molar-refractivity contribution in [1.29, 1.82) is 0 Å². The van der Waals surface area contributed by atoms with Gasteiger partial charge in [-0.05, 0) is 90.0 Å². The molecule has 7 aromatic rings. The normalized spacial score (nSPS) is 11.6. The quantitative estimate of drug-likeness (QED) is 0.250. The van der Waals surface area contributed by atoms with Gasteiger partial charge in [-0.15, -0.1) is 12.6 Å². The Balaban J connectivity index is 1.56. The van der Waals surface area contributed by atoms with Crippen molar-refractivity contribution in [2.24, 2.45) is 0 Å². The van der Waals surface area contributed by atoms with E-state index in [1.165, 1.54) is 0 Å². The highest BCUT2D eigenvalue weighted by molar-refractivity contribution is 7.80. The molecule has 0 amide bonds. The highest BCUT2D eigenvalue weighted by Gasteiger charge is 2.17. The standard InChI is InChI=1S/C32H22N4S/c1-3-20-15-21(4-2)17-23(16-20)36-27-11-9-22(18-25(27)31-30(36)8-6-13-33-31)35-28-12-10-24(37)19-26(28)32-29(35)7-5-14-34-32/h3-19,37H,1-2H2. The summed E-state index contributed by atoms with van der Waals surface area (Å²) in [5, 5.41) is 2.17. The molecule has 0 saturated carbocycles. The third-order valence-corrected chi connectivity index (χ3v) is 7.24. The van der Waals surface area contributed by atoms with Crippen molar-refractivity contribution in [3.05, 3.63) is 116 Å². The number of nitrogens with zero attached hydrogens (tertiary/aromatic N) is 4. The van der Waals surface area contributed by atoms with Crippen molar-refractivity contribution in [2.45, 2.75) is 4.90 Å². The zero-order valence-corrected chi connectivity index (χ0v) is 20.9. The van der Waals surface area contributed by atoms with Crippen LogP contribution in [0.5, 0.6) is 0 Å². The van der Waals surface area contributed by atoms with Crippen LogP contribution in [0.4, 0.5) is 0 Å². The van der Waals surface area contributed by atoms with E-state index in [0.717, 1.165) is 71.3 Å². The van der Waals surface area contributed by atoms with Crippen molar-refractivity contribution in [3.8, 4) is 11.4 Å². The third kappa shape index (κ3) is 3.25. The molecule has 0 aliphatic heterocycles. The molecule has 0 aliphatic rings. The number of thiol groups is 1. The molecule has 4 aromatic heterocycles. The second-order valence-corrected chi connectivity index (χ2v) is 9.60. The van der Waals surface area contributed by atoms with Crippen molar-refractivity contribution in [3.63, 3.8) is 0 Å². The maximum absolute atomic E-state index is 4.81. The lowest BCUT2D eigenvalue weighted by molar-refractivity contribution is 1.16. The number of fused-ring (bicyclic) bond motifs is 6. The molecular formula is C32H22N4S. The number of benzene rings is 3. The molecule has 0 bridgehead atoms. The number of pyridine rings is 2. The van der Waals surface area contributed by atoms with Crippen LogP contribution in [0.1, 0.15) is 11.1 Å². The number of rotatable bonds is 4. The number of hydrogen-bond acceptors (Lipinski definition) is 3. The molecule has 3 aromatic carbocycles. The average Bonchev–Trinajstić information content (AvgIpc) is 3.45. The van der Waals surface area contributed by atoms with E-state index >= 15 is 0 Å². The van der Waals surface area contributed by atoms with Crippen LogP contribution in [-0.4, -0.2) is 19.1 Å². The van der Waals surface area contributed by atoms with Gasteiger partial charge in [-0.1, -0.05) is 25.3 Å². The number of hydrogen-bond donors (Lipinski definition) is 1. The molecule has 0 spiro atoms. The third-order valence-electron chi connectivity index (χ3n) is 6.96. The van der Waals surface area contributed by atoms with E-state index in [1.54, 1.807) is 0 Å². The first-order valence-corrected chi connectivity index (χ1v) is 12.5. The Morgan fingerprint density at radius 2 is 1.16 bits per heavy atom. The van der Waals surface area contributed by atoms with Crippen molar-refractivity contribution in [1.82, 2.24) is 19.1 Å². The lowest BCUT2D eigenvalue weighted by Gasteiger charge is -2.11. The van der Waals surface area contributed by atoms with E-state index in [2.05, 4.69) is 95.6 Å². The van der Waals surface area contributed by atoms with Crippen LogP contribution < -0.4 is 0 Å². The summed E-state index contributed by atoms with van der Waals surface area (Å²) in [6.45, 7) is 7.96. The fourth-order valence-electron chi connectivity index (χ4n) is 5.37. The molecule has 4 nitrogen and oxygen atoms in total. The summed E-state index contributed by atoms with van der Waals surface area (Å²) in [5.74, 6) is 0. The van der Waals surface area contributed by atoms with E-state index in [-0.39, 0.29) is 0 Å². The Hall–Kier alpha value is -4.61. The van der Waals surface area contributed by atoms with Gasteiger partial charge in [0.25, 0.3) is 0 Å². The minimum absolute atomic E-state index is 0.917. The molecule has 7 rings (SSSR count). The maximum atomic E-state index is 4.81. The van der Waals surface area contributed by atoms with Gasteiger partial charge in [0.15, 0.2) is 0 Å². The average molecular weight is 495 g/mol. The van der Waals surface area contributed by atoms with Gasteiger partial charge in [0.1, 0.15) is 0 Å². The van der Waals surface area contributed by atoms with Crippen LogP contribution in [0.15, 0.2) is 109 Å². The first-order chi connectivity index (χ1) is 18.2. The van der Waals surface area contributed by atoms with E-state index in [9.17, 15) is 0 Å². The summed E-state index contributed by atoms with van der Waals surface area (Å²) in [6, 6.07) is 27.4. The fourth-order valence-corrected chi connectivity index (χ4v) is 5.57. The Bertz CT molecular complexity index is 2020. The Morgan fingerprint density at radius 3 is 1.78 bits per heavy atom. The van der Waals surface area contributed by atoms with E-state index in [0.29, 0.717) is 0 Å². The SMILES string of the molecule is C=Cc1cc(C=C)cc(-n2c3ccc(-n4c5ccc(S)cc5c5ncccc54)cc3c3ncccc32)c1. The van der Waals surface area contributed by atoms with Crippen molar-refractivity contribution >= 4 is 68.7 Å². The monoisotopic (exact) mass is 494 g/mol. The van der Waals surface area contributed by atoms with E-state index in [4.69, 9.17) is 9.97 Å². The second kappa shape index (κ2) is 8.22. The fraction of sp³-hybridized carbons (Fsp3) is 0. The lowest BCUT2D eigenvalue weighted by Crippen LogP contribution is -1.97. The van der Waals surface area contributed by atoms with Gasteiger partial charge in [-0.3, -0.25) is 9.97 Å². The zero-order valence-electron chi connectivity index (χ0n) is 20.0. The van der Waals surface area contributed by atoms with Crippen molar-refractivity contribution in [2.75, 3.05) is 0 Å². The molecule has 0 N–H and O–H groups in total. The summed E-state index contributed by atoms with van der Waals surface area (Å²) in [6.07, 6.45) is 7.43. The Kier molecular flexibility index (Phi) is 4.81.